The SMILES string of the molecule is NCC1CCCCC1COCc1ccccc1CC(=O)O. The molecule has 0 radical (unpaired) electrons. The van der Waals surface area contributed by atoms with Crippen molar-refractivity contribution in [1.82, 2.24) is 0 Å². The maximum absolute atomic E-state index is 10.9. The smallest absolute Gasteiger partial charge is 0.307 e. The largest absolute Gasteiger partial charge is 0.481 e. The lowest BCUT2D eigenvalue weighted by atomic mass is 9.80. The van der Waals surface area contributed by atoms with E-state index in [2.05, 4.69) is 0 Å². The highest BCUT2D eigenvalue weighted by atomic mass is 16.5. The molecule has 2 unspecified atom stereocenters. The van der Waals surface area contributed by atoms with Crippen LogP contribution >= 0.6 is 0 Å². The maximum atomic E-state index is 10.9. The van der Waals surface area contributed by atoms with Gasteiger partial charge in [0, 0.05) is 0 Å². The van der Waals surface area contributed by atoms with Gasteiger partial charge in [-0.2, -0.15) is 0 Å². The third-order valence-corrected chi connectivity index (χ3v) is 4.42. The first-order valence-corrected chi connectivity index (χ1v) is 7.77. The van der Waals surface area contributed by atoms with Crippen molar-refractivity contribution in [2.75, 3.05) is 13.2 Å². The first-order valence-electron chi connectivity index (χ1n) is 7.77. The van der Waals surface area contributed by atoms with Crippen LogP contribution in [0.4, 0.5) is 0 Å². The topological polar surface area (TPSA) is 72.5 Å². The summed E-state index contributed by atoms with van der Waals surface area (Å²) in [6.07, 6.45) is 4.99. The Balaban J connectivity index is 1.86. The van der Waals surface area contributed by atoms with Gasteiger partial charge in [-0.3, -0.25) is 4.79 Å². The van der Waals surface area contributed by atoms with E-state index in [0.29, 0.717) is 18.4 Å². The van der Waals surface area contributed by atoms with E-state index in [1.807, 2.05) is 24.3 Å². The highest BCUT2D eigenvalue weighted by molar-refractivity contribution is 5.70. The number of hydrogen-bond donors (Lipinski definition) is 2. The van der Waals surface area contributed by atoms with Crippen LogP contribution in [0.1, 0.15) is 36.8 Å². The fraction of sp³-hybridized carbons (Fsp3) is 0.588. The number of carboxylic acids is 1. The van der Waals surface area contributed by atoms with Crippen molar-refractivity contribution < 1.29 is 14.6 Å². The molecule has 0 amide bonds. The molecule has 1 aromatic rings. The van der Waals surface area contributed by atoms with E-state index in [1.165, 1.54) is 25.7 Å². The van der Waals surface area contributed by atoms with E-state index in [1.54, 1.807) is 0 Å². The zero-order valence-electron chi connectivity index (χ0n) is 12.5. The zero-order chi connectivity index (χ0) is 15.1. The molecule has 1 fully saturated rings. The van der Waals surface area contributed by atoms with Crippen molar-refractivity contribution in [2.45, 2.75) is 38.7 Å². The van der Waals surface area contributed by atoms with Crippen LogP contribution < -0.4 is 5.73 Å². The van der Waals surface area contributed by atoms with Crippen LogP contribution in [0.15, 0.2) is 24.3 Å². The molecule has 0 aliphatic heterocycles. The minimum atomic E-state index is -0.807. The van der Waals surface area contributed by atoms with Crippen LogP contribution in [0.25, 0.3) is 0 Å². The summed E-state index contributed by atoms with van der Waals surface area (Å²) in [5.41, 5.74) is 7.64. The van der Waals surface area contributed by atoms with Gasteiger partial charge >= 0.3 is 5.97 Å². The molecule has 4 nitrogen and oxygen atoms in total. The fourth-order valence-corrected chi connectivity index (χ4v) is 3.17. The Kier molecular flexibility index (Phi) is 6.21. The second-order valence-electron chi connectivity index (χ2n) is 5.89. The second-order valence-corrected chi connectivity index (χ2v) is 5.89. The zero-order valence-corrected chi connectivity index (χ0v) is 12.5. The van der Waals surface area contributed by atoms with Crippen LogP contribution in [0.5, 0.6) is 0 Å². The number of hydrogen-bond acceptors (Lipinski definition) is 3. The Hall–Kier alpha value is -1.39. The van der Waals surface area contributed by atoms with Crippen molar-refractivity contribution in [2.24, 2.45) is 17.6 Å². The summed E-state index contributed by atoms with van der Waals surface area (Å²) < 4.78 is 5.87. The molecule has 21 heavy (non-hydrogen) atoms. The molecule has 1 aliphatic rings. The highest BCUT2D eigenvalue weighted by Crippen LogP contribution is 2.29. The Labute approximate surface area is 126 Å². The molecule has 116 valence electrons. The van der Waals surface area contributed by atoms with Crippen LogP contribution in [-0.4, -0.2) is 24.2 Å². The number of ether oxygens (including phenoxy) is 1. The number of carbonyl (C=O) groups is 1. The number of nitrogens with two attached hydrogens (primary N) is 1. The Morgan fingerprint density at radius 3 is 2.52 bits per heavy atom. The third kappa shape index (κ3) is 4.83. The molecular formula is C17H25NO3. The van der Waals surface area contributed by atoms with Gasteiger partial charge < -0.3 is 15.6 Å². The summed E-state index contributed by atoms with van der Waals surface area (Å²) >= 11 is 0. The predicted octanol–water partition coefficient (Wildman–Crippen LogP) is 2.60. The Bertz CT molecular complexity index is 461. The van der Waals surface area contributed by atoms with E-state index in [0.717, 1.165) is 24.3 Å². The van der Waals surface area contributed by atoms with E-state index in [-0.39, 0.29) is 6.42 Å². The molecule has 3 N–H and O–H groups in total. The van der Waals surface area contributed by atoms with Crippen molar-refractivity contribution in [3.8, 4) is 0 Å². The Morgan fingerprint density at radius 1 is 1.19 bits per heavy atom. The quantitative estimate of drug-likeness (QED) is 0.810. The van der Waals surface area contributed by atoms with Gasteiger partial charge in [-0.1, -0.05) is 37.1 Å². The van der Waals surface area contributed by atoms with E-state index in [9.17, 15) is 4.79 Å². The summed E-state index contributed by atoms with van der Waals surface area (Å²) in [5, 5.41) is 8.93. The van der Waals surface area contributed by atoms with Gasteiger partial charge in [0.1, 0.15) is 0 Å². The summed E-state index contributed by atoms with van der Waals surface area (Å²) in [6.45, 7) is 1.95. The lowest BCUT2D eigenvalue weighted by molar-refractivity contribution is -0.136. The molecule has 2 rings (SSSR count). The van der Waals surface area contributed by atoms with Gasteiger partial charge in [-0.15, -0.1) is 0 Å². The van der Waals surface area contributed by atoms with Crippen LogP contribution in [0.2, 0.25) is 0 Å². The highest BCUT2D eigenvalue weighted by Gasteiger charge is 2.23. The molecule has 0 heterocycles. The number of aliphatic carboxylic acids is 1. The van der Waals surface area contributed by atoms with Gasteiger partial charge in [0.25, 0.3) is 0 Å². The Morgan fingerprint density at radius 2 is 1.86 bits per heavy atom. The first-order chi connectivity index (χ1) is 10.2. The van der Waals surface area contributed by atoms with Gasteiger partial charge in [-0.25, -0.2) is 0 Å². The van der Waals surface area contributed by atoms with E-state index < -0.39 is 5.97 Å². The lowest BCUT2D eigenvalue weighted by Crippen LogP contribution is -2.29. The molecule has 1 saturated carbocycles. The average molecular weight is 291 g/mol. The van der Waals surface area contributed by atoms with Crippen LogP contribution in [0.3, 0.4) is 0 Å². The molecule has 1 aromatic carbocycles. The maximum Gasteiger partial charge on any atom is 0.307 e. The summed E-state index contributed by atoms with van der Waals surface area (Å²) in [4.78, 5) is 10.9. The molecule has 0 spiro atoms. The van der Waals surface area contributed by atoms with Crippen molar-refractivity contribution in [3.05, 3.63) is 35.4 Å². The van der Waals surface area contributed by atoms with Crippen molar-refractivity contribution in [1.29, 1.82) is 0 Å². The molecule has 0 saturated heterocycles. The van der Waals surface area contributed by atoms with Gasteiger partial charge in [0.2, 0.25) is 0 Å². The second kappa shape index (κ2) is 8.15. The molecule has 0 bridgehead atoms. The molecule has 4 heteroatoms. The predicted molar refractivity (Wildman–Crippen MR) is 81.9 cm³/mol. The average Bonchev–Trinajstić information content (AvgIpc) is 2.49. The van der Waals surface area contributed by atoms with Gasteiger partial charge in [0.05, 0.1) is 19.6 Å². The van der Waals surface area contributed by atoms with Crippen molar-refractivity contribution in [3.63, 3.8) is 0 Å². The summed E-state index contributed by atoms with van der Waals surface area (Å²) in [5.74, 6) is 0.321. The first kappa shape index (κ1) is 16.0. The fourth-order valence-electron chi connectivity index (χ4n) is 3.17. The number of carboxylic acid groups (broad SMARTS) is 1. The van der Waals surface area contributed by atoms with Crippen LogP contribution in [0, 0.1) is 11.8 Å². The third-order valence-electron chi connectivity index (χ3n) is 4.42. The summed E-state index contributed by atoms with van der Waals surface area (Å²) in [6, 6.07) is 7.59. The van der Waals surface area contributed by atoms with E-state index >= 15 is 0 Å². The standard InChI is InChI=1S/C17H25NO3/c18-10-14-6-2-4-8-16(14)12-21-11-15-7-3-1-5-13(15)9-17(19)20/h1,3,5,7,14,16H,2,4,6,8-12,18H2,(H,19,20). The van der Waals surface area contributed by atoms with Crippen molar-refractivity contribution >= 4 is 5.97 Å². The van der Waals surface area contributed by atoms with E-state index in [4.69, 9.17) is 15.6 Å². The minimum absolute atomic E-state index is 0.0500. The molecule has 1 aliphatic carbocycles. The monoisotopic (exact) mass is 291 g/mol. The van der Waals surface area contributed by atoms with Gasteiger partial charge in [0.15, 0.2) is 0 Å². The minimum Gasteiger partial charge on any atom is -0.481 e. The number of benzene rings is 1. The molecule has 2 atom stereocenters. The lowest BCUT2D eigenvalue weighted by Gasteiger charge is -2.30. The van der Waals surface area contributed by atoms with Gasteiger partial charge in [-0.05, 0) is 42.3 Å². The summed E-state index contributed by atoms with van der Waals surface area (Å²) in [7, 11) is 0. The normalized spacial score (nSPS) is 22.1. The molecule has 0 aromatic heterocycles. The van der Waals surface area contributed by atoms with Crippen LogP contribution in [-0.2, 0) is 22.6 Å². The molecular weight excluding hydrogens is 266 g/mol. The number of rotatable bonds is 7.